The van der Waals surface area contributed by atoms with Crippen LogP contribution in [0, 0.1) is 6.92 Å². The predicted molar refractivity (Wildman–Crippen MR) is 63.5 cm³/mol. The van der Waals surface area contributed by atoms with Crippen LogP contribution >= 0.6 is 0 Å². The molecule has 1 aromatic rings. The first-order valence-corrected chi connectivity index (χ1v) is 5.16. The molecule has 14 heavy (non-hydrogen) atoms. The second-order valence-corrected chi connectivity index (χ2v) is 3.54. The van der Waals surface area contributed by atoms with Gasteiger partial charge in [-0.3, -0.25) is 0 Å². The van der Waals surface area contributed by atoms with Crippen molar-refractivity contribution in [1.29, 1.82) is 0 Å². The summed E-state index contributed by atoms with van der Waals surface area (Å²) in [6.07, 6.45) is 9.53. The summed E-state index contributed by atoms with van der Waals surface area (Å²) in [7, 11) is 0. The van der Waals surface area contributed by atoms with E-state index in [0.717, 1.165) is 6.42 Å². The van der Waals surface area contributed by atoms with Gasteiger partial charge in [-0.2, -0.15) is 0 Å². The molecule has 0 aromatic heterocycles. The number of unbranched alkanes of at least 4 members (excludes halogenated alkanes) is 1. The largest absolute Gasteiger partial charge is 0.0991 e. The molecule has 0 atom stereocenters. The third-order valence-corrected chi connectivity index (χ3v) is 2.23. The first-order valence-electron chi connectivity index (χ1n) is 5.16. The van der Waals surface area contributed by atoms with Gasteiger partial charge in [0.15, 0.2) is 0 Å². The Morgan fingerprint density at radius 1 is 1.21 bits per heavy atom. The highest BCUT2D eigenvalue weighted by molar-refractivity contribution is 5.21. The molecule has 0 heteroatoms. The molecule has 0 bridgehead atoms. The minimum atomic E-state index is 1.14. The van der Waals surface area contributed by atoms with Crippen LogP contribution in [0.3, 0.4) is 0 Å². The van der Waals surface area contributed by atoms with Crippen LogP contribution in [0.25, 0.3) is 0 Å². The minimum Gasteiger partial charge on any atom is -0.0991 e. The van der Waals surface area contributed by atoms with E-state index in [4.69, 9.17) is 0 Å². The molecule has 0 nitrogen and oxygen atoms in total. The SMILES string of the molecule is C=C/C=C\CCCc1ccc(C)cc1. The molecule has 1 rings (SSSR count). The third kappa shape index (κ3) is 4.08. The van der Waals surface area contributed by atoms with E-state index in [9.17, 15) is 0 Å². The molecule has 0 spiro atoms. The standard InChI is InChI=1S/C14H18/c1-3-4-5-6-7-8-14-11-9-13(2)10-12-14/h3-5,9-12H,1,6-8H2,2H3/b5-4-. The molecular weight excluding hydrogens is 168 g/mol. The lowest BCUT2D eigenvalue weighted by Crippen LogP contribution is -1.84. The molecule has 74 valence electrons. The molecule has 0 saturated carbocycles. The average Bonchev–Trinajstić information content (AvgIpc) is 2.21. The van der Waals surface area contributed by atoms with Gasteiger partial charge in [0.1, 0.15) is 0 Å². The second-order valence-electron chi connectivity index (χ2n) is 3.54. The van der Waals surface area contributed by atoms with Crippen molar-refractivity contribution in [3.05, 3.63) is 60.2 Å². The van der Waals surface area contributed by atoms with Crippen LogP contribution in [0.4, 0.5) is 0 Å². The molecule has 0 amide bonds. The fourth-order valence-electron chi connectivity index (χ4n) is 1.37. The number of hydrogen-bond acceptors (Lipinski definition) is 0. The summed E-state index contributed by atoms with van der Waals surface area (Å²) >= 11 is 0. The quantitative estimate of drug-likeness (QED) is 0.480. The van der Waals surface area contributed by atoms with E-state index in [1.807, 2.05) is 12.2 Å². The molecular formula is C14H18. The molecule has 0 fully saturated rings. The maximum atomic E-state index is 3.64. The second kappa shape index (κ2) is 6.20. The van der Waals surface area contributed by atoms with Gasteiger partial charge in [-0.15, -0.1) is 0 Å². The Hall–Kier alpha value is -1.30. The average molecular weight is 186 g/mol. The molecule has 0 aliphatic rings. The van der Waals surface area contributed by atoms with Gasteiger partial charge in [0, 0.05) is 0 Å². The van der Waals surface area contributed by atoms with Crippen molar-refractivity contribution >= 4 is 0 Å². The molecule has 0 aliphatic carbocycles. The highest BCUT2D eigenvalue weighted by atomic mass is 14.0. The fourth-order valence-corrected chi connectivity index (χ4v) is 1.37. The van der Waals surface area contributed by atoms with Gasteiger partial charge in [0.05, 0.1) is 0 Å². The van der Waals surface area contributed by atoms with E-state index in [1.165, 1.54) is 24.0 Å². The van der Waals surface area contributed by atoms with Crippen LogP contribution in [-0.4, -0.2) is 0 Å². The number of hydrogen-bond donors (Lipinski definition) is 0. The van der Waals surface area contributed by atoms with Crippen molar-refractivity contribution < 1.29 is 0 Å². The summed E-state index contributed by atoms with van der Waals surface area (Å²) < 4.78 is 0. The summed E-state index contributed by atoms with van der Waals surface area (Å²) in [6, 6.07) is 8.78. The van der Waals surface area contributed by atoms with E-state index < -0.39 is 0 Å². The normalized spacial score (nSPS) is 10.6. The number of allylic oxidation sites excluding steroid dienone is 3. The summed E-state index contributed by atoms with van der Waals surface area (Å²) in [5, 5.41) is 0. The van der Waals surface area contributed by atoms with Crippen LogP contribution in [0.1, 0.15) is 24.0 Å². The van der Waals surface area contributed by atoms with E-state index in [2.05, 4.69) is 43.8 Å². The Balaban J connectivity index is 2.28. The summed E-state index contributed by atoms with van der Waals surface area (Å²) in [5.41, 5.74) is 2.77. The van der Waals surface area contributed by atoms with Crippen molar-refractivity contribution in [3.63, 3.8) is 0 Å². The molecule has 0 heterocycles. The zero-order valence-corrected chi connectivity index (χ0v) is 8.87. The lowest BCUT2D eigenvalue weighted by molar-refractivity contribution is 0.842. The topological polar surface area (TPSA) is 0 Å². The fraction of sp³-hybridized carbons (Fsp3) is 0.286. The van der Waals surface area contributed by atoms with Gasteiger partial charge in [-0.05, 0) is 31.7 Å². The van der Waals surface area contributed by atoms with Crippen LogP contribution in [0.5, 0.6) is 0 Å². The Labute approximate surface area is 87.0 Å². The van der Waals surface area contributed by atoms with Crippen molar-refractivity contribution in [1.82, 2.24) is 0 Å². The summed E-state index contributed by atoms with van der Waals surface area (Å²) in [5.74, 6) is 0. The Morgan fingerprint density at radius 2 is 1.93 bits per heavy atom. The van der Waals surface area contributed by atoms with Crippen molar-refractivity contribution in [2.75, 3.05) is 0 Å². The van der Waals surface area contributed by atoms with Gasteiger partial charge >= 0.3 is 0 Å². The van der Waals surface area contributed by atoms with Gasteiger partial charge in [0.25, 0.3) is 0 Å². The molecule has 0 N–H and O–H groups in total. The van der Waals surface area contributed by atoms with Gasteiger partial charge < -0.3 is 0 Å². The number of rotatable bonds is 5. The Bertz CT molecular complexity index is 290. The highest BCUT2D eigenvalue weighted by Crippen LogP contribution is 2.07. The third-order valence-electron chi connectivity index (χ3n) is 2.23. The van der Waals surface area contributed by atoms with Gasteiger partial charge in [-0.25, -0.2) is 0 Å². The molecule has 0 aliphatic heterocycles. The zero-order chi connectivity index (χ0) is 10.2. The summed E-state index contributed by atoms with van der Waals surface area (Å²) in [4.78, 5) is 0. The molecule has 0 radical (unpaired) electrons. The van der Waals surface area contributed by atoms with Crippen molar-refractivity contribution in [2.24, 2.45) is 0 Å². The van der Waals surface area contributed by atoms with E-state index in [-0.39, 0.29) is 0 Å². The first kappa shape index (κ1) is 10.8. The highest BCUT2D eigenvalue weighted by Gasteiger charge is 1.91. The van der Waals surface area contributed by atoms with Crippen LogP contribution in [0.15, 0.2) is 49.1 Å². The molecule has 0 saturated heterocycles. The van der Waals surface area contributed by atoms with E-state index in [1.54, 1.807) is 0 Å². The van der Waals surface area contributed by atoms with E-state index in [0.29, 0.717) is 0 Å². The van der Waals surface area contributed by atoms with E-state index >= 15 is 0 Å². The monoisotopic (exact) mass is 186 g/mol. The zero-order valence-electron chi connectivity index (χ0n) is 8.87. The maximum Gasteiger partial charge on any atom is -0.0276 e. The van der Waals surface area contributed by atoms with Crippen LogP contribution in [0.2, 0.25) is 0 Å². The summed E-state index contributed by atoms with van der Waals surface area (Å²) in [6.45, 7) is 5.76. The lowest BCUT2D eigenvalue weighted by Gasteiger charge is -1.99. The number of benzene rings is 1. The lowest BCUT2D eigenvalue weighted by atomic mass is 10.1. The van der Waals surface area contributed by atoms with Crippen LogP contribution in [-0.2, 0) is 6.42 Å². The predicted octanol–water partition coefficient (Wildman–Crippen LogP) is 4.06. The first-order chi connectivity index (χ1) is 6.83. The van der Waals surface area contributed by atoms with Gasteiger partial charge in [0.2, 0.25) is 0 Å². The minimum absolute atomic E-state index is 1.14. The van der Waals surface area contributed by atoms with Crippen LogP contribution < -0.4 is 0 Å². The van der Waals surface area contributed by atoms with Gasteiger partial charge in [-0.1, -0.05) is 54.6 Å². The Morgan fingerprint density at radius 3 is 2.57 bits per heavy atom. The van der Waals surface area contributed by atoms with Crippen molar-refractivity contribution in [2.45, 2.75) is 26.2 Å². The number of aryl methyl sites for hydroxylation is 2. The maximum absolute atomic E-state index is 3.64. The van der Waals surface area contributed by atoms with Crippen molar-refractivity contribution in [3.8, 4) is 0 Å². The molecule has 0 unspecified atom stereocenters. The Kier molecular flexibility index (Phi) is 4.77. The smallest absolute Gasteiger partial charge is 0.0276 e. The molecule has 1 aromatic carbocycles.